The first-order chi connectivity index (χ1) is 6.35. The summed E-state index contributed by atoms with van der Waals surface area (Å²) in [4.78, 5) is 0. The molecule has 0 spiro atoms. The van der Waals surface area contributed by atoms with Gasteiger partial charge in [-0.15, -0.1) is 12.4 Å². The fourth-order valence-electron chi connectivity index (χ4n) is 0.786. The highest BCUT2D eigenvalue weighted by molar-refractivity contribution is 5.85. The minimum absolute atomic E-state index is 0. The Morgan fingerprint density at radius 1 is 1.21 bits per heavy atom. The van der Waals surface area contributed by atoms with Crippen molar-refractivity contribution in [1.29, 1.82) is 0 Å². The van der Waals surface area contributed by atoms with Crippen LogP contribution < -0.4 is 10.6 Å². The van der Waals surface area contributed by atoms with Crippen LogP contribution in [0.15, 0.2) is 43.1 Å². The molecule has 14 heavy (non-hydrogen) atoms. The standard InChI is InChI=1S/C9H11N.C2H7N.ClH/c1-2-10-8-9-6-4-3-5-7-9;1-3-2;/h2-7,10H,1,8H2;3H,1-2H3;1H. The minimum Gasteiger partial charge on any atom is -0.387 e. The maximum atomic E-state index is 3.56. The van der Waals surface area contributed by atoms with Gasteiger partial charge in [-0.05, 0) is 25.9 Å². The normalized spacial score (nSPS) is 7.57. The van der Waals surface area contributed by atoms with Crippen molar-refractivity contribution in [3.8, 4) is 0 Å². The molecule has 80 valence electrons. The molecule has 0 bridgehead atoms. The monoisotopic (exact) mass is 214 g/mol. The topological polar surface area (TPSA) is 24.1 Å². The molecule has 0 unspecified atom stereocenters. The smallest absolute Gasteiger partial charge is 0.0395 e. The van der Waals surface area contributed by atoms with Crippen LogP contribution in [0.3, 0.4) is 0 Å². The van der Waals surface area contributed by atoms with Crippen molar-refractivity contribution in [2.75, 3.05) is 14.1 Å². The van der Waals surface area contributed by atoms with Gasteiger partial charge < -0.3 is 10.6 Å². The predicted octanol–water partition coefficient (Wildman–Crippen LogP) is 2.18. The lowest BCUT2D eigenvalue weighted by molar-refractivity contribution is 0.872. The van der Waals surface area contributed by atoms with Crippen LogP contribution in [0.25, 0.3) is 0 Å². The van der Waals surface area contributed by atoms with E-state index in [0.717, 1.165) is 6.54 Å². The summed E-state index contributed by atoms with van der Waals surface area (Å²) in [6.45, 7) is 4.43. The zero-order valence-corrected chi connectivity index (χ0v) is 9.60. The van der Waals surface area contributed by atoms with E-state index in [9.17, 15) is 0 Å². The van der Waals surface area contributed by atoms with Crippen molar-refractivity contribution in [3.63, 3.8) is 0 Å². The molecule has 3 heteroatoms. The number of hydrogen-bond donors (Lipinski definition) is 2. The molecule has 1 rings (SSSR count). The lowest BCUT2D eigenvalue weighted by Gasteiger charge is -1.98. The maximum Gasteiger partial charge on any atom is 0.0395 e. The first-order valence-corrected chi connectivity index (χ1v) is 4.31. The summed E-state index contributed by atoms with van der Waals surface area (Å²) >= 11 is 0. The summed E-state index contributed by atoms with van der Waals surface area (Å²) in [5.41, 5.74) is 1.28. The Morgan fingerprint density at radius 2 is 1.71 bits per heavy atom. The van der Waals surface area contributed by atoms with Crippen LogP contribution >= 0.6 is 12.4 Å². The van der Waals surface area contributed by atoms with Crippen LogP contribution in [0.2, 0.25) is 0 Å². The summed E-state index contributed by atoms with van der Waals surface area (Å²) in [5, 5.41) is 5.78. The largest absolute Gasteiger partial charge is 0.387 e. The van der Waals surface area contributed by atoms with E-state index in [-0.39, 0.29) is 12.4 Å². The second kappa shape index (κ2) is 12.0. The highest BCUT2D eigenvalue weighted by atomic mass is 35.5. The molecule has 0 saturated heterocycles. The third kappa shape index (κ3) is 9.10. The van der Waals surface area contributed by atoms with E-state index in [2.05, 4.69) is 29.3 Å². The third-order valence-electron chi connectivity index (χ3n) is 1.29. The molecule has 0 aromatic heterocycles. The van der Waals surface area contributed by atoms with Gasteiger partial charge in [-0.1, -0.05) is 36.9 Å². The van der Waals surface area contributed by atoms with E-state index in [1.165, 1.54) is 5.56 Å². The quantitative estimate of drug-likeness (QED) is 0.806. The van der Waals surface area contributed by atoms with Crippen molar-refractivity contribution < 1.29 is 0 Å². The summed E-state index contributed by atoms with van der Waals surface area (Å²) in [5.74, 6) is 0. The molecular weight excluding hydrogens is 196 g/mol. The second-order valence-corrected chi connectivity index (χ2v) is 2.57. The molecule has 2 nitrogen and oxygen atoms in total. The van der Waals surface area contributed by atoms with Gasteiger partial charge in [0.1, 0.15) is 0 Å². The fraction of sp³-hybridized carbons (Fsp3) is 0.273. The first-order valence-electron chi connectivity index (χ1n) is 4.31. The highest BCUT2D eigenvalue weighted by Gasteiger charge is 1.84. The van der Waals surface area contributed by atoms with Crippen LogP contribution in [-0.4, -0.2) is 14.1 Å². The van der Waals surface area contributed by atoms with Crippen molar-refractivity contribution in [1.82, 2.24) is 10.6 Å². The van der Waals surface area contributed by atoms with Gasteiger partial charge in [-0.2, -0.15) is 0 Å². The molecule has 0 saturated carbocycles. The molecule has 0 atom stereocenters. The van der Waals surface area contributed by atoms with Gasteiger partial charge in [0.15, 0.2) is 0 Å². The number of rotatable bonds is 3. The molecule has 0 aliphatic rings. The van der Waals surface area contributed by atoms with Gasteiger partial charge in [0.05, 0.1) is 0 Å². The van der Waals surface area contributed by atoms with Crippen molar-refractivity contribution in [3.05, 3.63) is 48.7 Å². The Labute approximate surface area is 92.8 Å². The van der Waals surface area contributed by atoms with Gasteiger partial charge in [0.25, 0.3) is 0 Å². The van der Waals surface area contributed by atoms with Crippen molar-refractivity contribution >= 4 is 12.4 Å². The Hall–Kier alpha value is -0.990. The second-order valence-electron chi connectivity index (χ2n) is 2.57. The maximum absolute atomic E-state index is 3.56. The third-order valence-corrected chi connectivity index (χ3v) is 1.29. The highest BCUT2D eigenvalue weighted by Crippen LogP contribution is 1.96. The Morgan fingerprint density at radius 3 is 2.14 bits per heavy atom. The lowest BCUT2D eigenvalue weighted by Crippen LogP contribution is -2.02. The van der Waals surface area contributed by atoms with Crippen molar-refractivity contribution in [2.24, 2.45) is 0 Å². The molecule has 0 heterocycles. The summed E-state index contributed by atoms with van der Waals surface area (Å²) < 4.78 is 0. The van der Waals surface area contributed by atoms with E-state index in [4.69, 9.17) is 0 Å². The van der Waals surface area contributed by atoms with E-state index >= 15 is 0 Å². The van der Waals surface area contributed by atoms with E-state index in [0.29, 0.717) is 0 Å². The Bertz CT molecular complexity index is 212. The van der Waals surface area contributed by atoms with E-state index < -0.39 is 0 Å². The number of nitrogens with one attached hydrogen (secondary N) is 2. The van der Waals surface area contributed by atoms with Crippen LogP contribution in [0.4, 0.5) is 0 Å². The van der Waals surface area contributed by atoms with Crippen LogP contribution in [0.1, 0.15) is 5.56 Å². The minimum atomic E-state index is 0. The summed E-state index contributed by atoms with van der Waals surface area (Å²) in [6.07, 6.45) is 1.70. The van der Waals surface area contributed by atoms with E-state index in [1.54, 1.807) is 6.20 Å². The van der Waals surface area contributed by atoms with Crippen LogP contribution in [0, 0.1) is 0 Å². The zero-order valence-electron chi connectivity index (χ0n) is 8.79. The average molecular weight is 215 g/mol. The molecular formula is C11H19ClN2. The molecule has 0 aliphatic carbocycles. The molecule has 1 aromatic rings. The summed E-state index contributed by atoms with van der Waals surface area (Å²) in [6, 6.07) is 10.2. The SMILES string of the molecule is C=CNCc1ccccc1.CNC.Cl. The van der Waals surface area contributed by atoms with Gasteiger partial charge in [-0.25, -0.2) is 0 Å². The van der Waals surface area contributed by atoms with Gasteiger partial charge >= 0.3 is 0 Å². The summed E-state index contributed by atoms with van der Waals surface area (Å²) in [7, 11) is 3.75. The number of benzene rings is 1. The lowest BCUT2D eigenvalue weighted by atomic mass is 10.2. The van der Waals surface area contributed by atoms with Gasteiger partial charge in [-0.3, -0.25) is 0 Å². The van der Waals surface area contributed by atoms with Crippen molar-refractivity contribution in [2.45, 2.75) is 6.54 Å². The number of halogens is 1. The van der Waals surface area contributed by atoms with Crippen LogP contribution in [-0.2, 0) is 6.54 Å². The van der Waals surface area contributed by atoms with Crippen LogP contribution in [0.5, 0.6) is 0 Å². The molecule has 0 radical (unpaired) electrons. The average Bonchev–Trinajstić information content (AvgIpc) is 2.18. The molecule has 1 aromatic carbocycles. The first kappa shape index (κ1) is 15.5. The molecule has 2 N–H and O–H groups in total. The molecule has 0 fully saturated rings. The Balaban J connectivity index is 0. The van der Waals surface area contributed by atoms with E-state index in [1.807, 2.05) is 32.3 Å². The fourth-order valence-corrected chi connectivity index (χ4v) is 0.786. The predicted molar refractivity (Wildman–Crippen MR) is 65.7 cm³/mol. The zero-order chi connectivity index (χ0) is 9.94. The number of hydrogen-bond acceptors (Lipinski definition) is 2. The van der Waals surface area contributed by atoms with Gasteiger partial charge in [0.2, 0.25) is 0 Å². The molecule has 0 amide bonds. The Kier molecular flexibility index (Phi) is 13.3. The molecule has 0 aliphatic heterocycles. The van der Waals surface area contributed by atoms with Gasteiger partial charge in [0, 0.05) is 6.54 Å².